The van der Waals surface area contributed by atoms with Gasteiger partial charge in [0.2, 0.25) is 5.91 Å². The van der Waals surface area contributed by atoms with Gasteiger partial charge in [0, 0.05) is 31.6 Å². The number of carbonyl (C=O) groups excluding carboxylic acids is 2. The Bertz CT molecular complexity index is 340. The zero-order valence-electron chi connectivity index (χ0n) is 13.5. The maximum absolute atomic E-state index is 12.0. The van der Waals surface area contributed by atoms with Gasteiger partial charge in [-0.1, -0.05) is 34.6 Å². The minimum atomic E-state index is 0.00793. The molecule has 5 heteroatoms. The quantitative estimate of drug-likeness (QED) is 0.832. The van der Waals surface area contributed by atoms with Crippen LogP contribution in [0.15, 0.2) is 0 Å². The fourth-order valence-electron chi connectivity index (χ4n) is 2.05. The highest BCUT2D eigenvalue weighted by Gasteiger charge is 2.24. The molecular weight excluding hydrogens is 254 g/mol. The summed E-state index contributed by atoms with van der Waals surface area (Å²) in [6.45, 7) is 12.2. The Kier molecular flexibility index (Phi) is 5.84. The van der Waals surface area contributed by atoms with Crippen molar-refractivity contribution >= 4 is 11.9 Å². The van der Waals surface area contributed by atoms with Gasteiger partial charge in [-0.3, -0.25) is 4.79 Å². The second-order valence-corrected chi connectivity index (χ2v) is 7.14. The molecule has 1 fully saturated rings. The molecule has 1 saturated heterocycles. The number of likely N-dealkylation sites (tertiary alicyclic amines) is 1. The van der Waals surface area contributed by atoms with E-state index in [2.05, 4.69) is 31.4 Å². The second-order valence-electron chi connectivity index (χ2n) is 7.14. The van der Waals surface area contributed by atoms with Crippen molar-refractivity contribution in [2.75, 3.05) is 19.6 Å². The molecule has 116 valence electrons. The van der Waals surface area contributed by atoms with E-state index in [1.54, 1.807) is 0 Å². The average molecular weight is 283 g/mol. The molecule has 2 N–H and O–H groups in total. The van der Waals surface area contributed by atoms with Gasteiger partial charge in [-0.2, -0.15) is 0 Å². The van der Waals surface area contributed by atoms with Gasteiger partial charge in [0.1, 0.15) is 0 Å². The van der Waals surface area contributed by atoms with Crippen LogP contribution in [0, 0.1) is 11.3 Å². The van der Waals surface area contributed by atoms with Crippen LogP contribution in [0.5, 0.6) is 0 Å². The number of nitrogens with one attached hydrogen (secondary N) is 2. The van der Waals surface area contributed by atoms with E-state index >= 15 is 0 Å². The highest BCUT2D eigenvalue weighted by Crippen LogP contribution is 2.13. The van der Waals surface area contributed by atoms with Crippen LogP contribution in [0.3, 0.4) is 0 Å². The summed E-state index contributed by atoms with van der Waals surface area (Å²) in [5.41, 5.74) is 0.0964. The number of nitrogens with zero attached hydrogens (tertiary/aromatic N) is 1. The van der Waals surface area contributed by atoms with Crippen molar-refractivity contribution in [2.24, 2.45) is 11.3 Å². The van der Waals surface area contributed by atoms with Crippen molar-refractivity contribution in [3.63, 3.8) is 0 Å². The molecule has 0 aromatic heterocycles. The highest BCUT2D eigenvalue weighted by molar-refractivity contribution is 5.78. The van der Waals surface area contributed by atoms with Gasteiger partial charge in [0.25, 0.3) is 0 Å². The third-order valence-corrected chi connectivity index (χ3v) is 3.42. The first-order valence-corrected chi connectivity index (χ1v) is 7.52. The van der Waals surface area contributed by atoms with E-state index < -0.39 is 0 Å². The molecule has 1 rings (SSSR count). The van der Waals surface area contributed by atoms with Crippen molar-refractivity contribution in [1.29, 1.82) is 0 Å². The summed E-state index contributed by atoms with van der Waals surface area (Å²) in [5, 5.41) is 6.00. The first-order chi connectivity index (χ1) is 9.19. The predicted molar refractivity (Wildman–Crippen MR) is 80.4 cm³/mol. The summed E-state index contributed by atoms with van der Waals surface area (Å²) in [5.74, 6) is 0.115. The molecule has 0 aliphatic carbocycles. The maximum atomic E-state index is 12.0. The number of carbonyl (C=O) groups is 2. The lowest BCUT2D eigenvalue weighted by atomic mass is 9.97. The fraction of sp³-hybridized carbons (Fsp3) is 0.867. The summed E-state index contributed by atoms with van der Waals surface area (Å²) in [6.07, 6.45) is 1.67. The molecule has 1 aliphatic rings. The molecule has 0 atom stereocenters. The lowest BCUT2D eigenvalue weighted by Crippen LogP contribution is -2.50. The van der Waals surface area contributed by atoms with E-state index in [0.29, 0.717) is 19.6 Å². The molecule has 0 saturated carbocycles. The molecule has 0 unspecified atom stereocenters. The smallest absolute Gasteiger partial charge is 0.317 e. The minimum Gasteiger partial charge on any atom is -0.353 e. The molecule has 0 spiro atoms. The molecule has 0 radical (unpaired) electrons. The Morgan fingerprint density at radius 1 is 1.20 bits per heavy atom. The number of rotatable bonds is 3. The van der Waals surface area contributed by atoms with Crippen LogP contribution < -0.4 is 10.6 Å². The van der Waals surface area contributed by atoms with Crippen molar-refractivity contribution < 1.29 is 9.59 Å². The van der Waals surface area contributed by atoms with Crippen LogP contribution in [0.1, 0.15) is 47.5 Å². The minimum absolute atomic E-state index is 0.00793. The van der Waals surface area contributed by atoms with Crippen LogP contribution in [-0.4, -0.2) is 42.5 Å². The van der Waals surface area contributed by atoms with Gasteiger partial charge in [-0.05, 0) is 18.3 Å². The number of hydrogen-bond donors (Lipinski definition) is 2. The Morgan fingerprint density at radius 2 is 1.75 bits per heavy atom. The predicted octanol–water partition coefficient (Wildman–Crippen LogP) is 1.98. The van der Waals surface area contributed by atoms with Crippen LogP contribution in [0.2, 0.25) is 0 Å². The van der Waals surface area contributed by atoms with Gasteiger partial charge in [0.05, 0.1) is 0 Å². The maximum Gasteiger partial charge on any atom is 0.317 e. The van der Waals surface area contributed by atoms with Gasteiger partial charge in [-0.25, -0.2) is 4.79 Å². The molecule has 0 aromatic carbocycles. The molecular formula is C15H29N3O2. The SMILES string of the molecule is CC(C)C(=O)NC1CCN(C(=O)NCC(C)(C)C)CC1. The summed E-state index contributed by atoms with van der Waals surface area (Å²) in [7, 11) is 0. The summed E-state index contributed by atoms with van der Waals surface area (Å²) in [4.78, 5) is 25.5. The van der Waals surface area contributed by atoms with Crippen molar-refractivity contribution in [1.82, 2.24) is 15.5 Å². The lowest BCUT2D eigenvalue weighted by molar-refractivity contribution is -0.124. The highest BCUT2D eigenvalue weighted by atomic mass is 16.2. The normalized spacial score (nSPS) is 17.2. The first kappa shape index (κ1) is 16.8. The largest absolute Gasteiger partial charge is 0.353 e. The Labute approximate surface area is 122 Å². The number of piperidine rings is 1. The Hall–Kier alpha value is -1.26. The van der Waals surface area contributed by atoms with Crippen LogP contribution in [0.4, 0.5) is 4.79 Å². The topological polar surface area (TPSA) is 61.4 Å². The van der Waals surface area contributed by atoms with E-state index in [9.17, 15) is 9.59 Å². The Balaban J connectivity index is 2.31. The molecule has 1 heterocycles. The molecule has 5 nitrogen and oxygen atoms in total. The standard InChI is InChI=1S/C15H29N3O2/c1-11(2)13(19)17-12-6-8-18(9-7-12)14(20)16-10-15(3,4)5/h11-12H,6-10H2,1-5H3,(H,16,20)(H,17,19). The molecule has 3 amide bonds. The molecule has 1 aliphatic heterocycles. The van der Waals surface area contributed by atoms with Crippen molar-refractivity contribution in [3.05, 3.63) is 0 Å². The molecule has 0 aromatic rings. The summed E-state index contributed by atoms with van der Waals surface area (Å²) in [6, 6.07) is 0.213. The monoisotopic (exact) mass is 283 g/mol. The van der Waals surface area contributed by atoms with Crippen molar-refractivity contribution in [2.45, 2.75) is 53.5 Å². The van der Waals surface area contributed by atoms with E-state index in [1.165, 1.54) is 0 Å². The van der Waals surface area contributed by atoms with Gasteiger partial charge in [0.15, 0.2) is 0 Å². The van der Waals surface area contributed by atoms with E-state index in [4.69, 9.17) is 0 Å². The van der Waals surface area contributed by atoms with Crippen LogP contribution in [-0.2, 0) is 4.79 Å². The number of amides is 3. The van der Waals surface area contributed by atoms with Gasteiger partial charge < -0.3 is 15.5 Å². The van der Waals surface area contributed by atoms with E-state index in [0.717, 1.165) is 12.8 Å². The Morgan fingerprint density at radius 3 is 2.20 bits per heavy atom. The number of hydrogen-bond acceptors (Lipinski definition) is 2. The lowest BCUT2D eigenvalue weighted by Gasteiger charge is -2.33. The third kappa shape index (κ3) is 5.80. The van der Waals surface area contributed by atoms with Crippen molar-refractivity contribution in [3.8, 4) is 0 Å². The summed E-state index contributed by atoms with van der Waals surface area (Å²) < 4.78 is 0. The van der Waals surface area contributed by atoms with E-state index in [1.807, 2.05) is 18.7 Å². The van der Waals surface area contributed by atoms with Gasteiger partial charge in [-0.15, -0.1) is 0 Å². The van der Waals surface area contributed by atoms with E-state index in [-0.39, 0.29) is 29.3 Å². The third-order valence-electron chi connectivity index (χ3n) is 3.42. The zero-order valence-corrected chi connectivity index (χ0v) is 13.5. The zero-order chi connectivity index (χ0) is 15.3. The first-order valence-electron chi connectivity index (χ1n) is 7.52. The average Bonchev–Trinajstić information content (AvgIpc) is 2.35. The van der Waals surface area contributed by atoms with Crippen LogP contribution >= 0.6 is 0 Å². The summed E-state index contributed by atoms with van der Waals surface area (Å²) >= 11 is 0. The number of urea groups is 1. The van der Waals surface area contributed by atoms with Gasteiger partial charge >= 0.3 is 6.03 Å². The molecule has 0 bridgehead atoms. The second kappa shape index (κ2) is 6.95. The van der Waals surface area contributed by atoms with Crippen LogP contribution in [0.25, 0.3) is 0 Å². The molecule has 20 heavy (non-hydrogen) atoms. The fourth-order valence-corrected chi connectivity index (χ4v) is 2.05.